The first-order valence-electron chi connectivity index (χ1n) is 6.83. The highest BCUT2D eigenvalue weighted by Gasteiger charge is 2.37. The minimum Gasteiger partial charge on any atom is -0.468 e. The molecule has 2 rings (SSSR count). The Morgan fingerprint density at radius 1 is 1.30 bits per heavy atom. The average Bonchev–Trinajstić information content (AvgIpc) is 2.48. The number of piperidine rings is 1. The van der Waals surface area contributed by atoms with Crippen LogP contribution in [0.15, 0.2) is 30.3 Å². The molecule has 0 unspecified atom stereocenters. The largest absolute Gasteiger partial charge is 0.468 e. The van der Waals surface area contributed by atoms with Crippen LogP contribution >= 0.6 is 0 Å². The molecule has 0 aliphatic carbocycles. The molecular formula is C15H20N2O3. The molecule has 1 aliphatic heterocycles. The van der Waals surface area contributed by atoms with Gasteiger partial charge < -0.3 is 10.5 Å². The Morgan fingerprint density at radius 2 is 2.00 bits per heavy atom. The fourth-order valence-electron chi connectivity index (χ4n) is 2.78. The van der Waals surface area contributed by atoms with Crippen LogP contribution in [-0.2, 0) is 14.3 Å². The van der Waals surface area contributed by atoms with Crippen molar-refractivity contribution in [2.24, 2.45) is 5.73 Å². The molecule has 5 nitrogen and oxygen atoms in total. The number of benzene rings is 1. The Hall–Kier alpha value is -1.88. The molecule has 0 saturated carbocycles. The number of methoxy groups -OCH3 is 1. The van der Waals surface area contributed by atoms with Gasteiger partial charge in [0, 0.05) is 6.54 Å². The SMILES string of the molecule is COC(=O)[C@@H](c1ccccc1)N1CCCC[C@H]1C(N)=O. The van der Waals surface area contributed by atoms with Gasteiger partial charge in [0.2, 0.25) is 5.91 Å². The number of carbonyl (C=O) groups is 2. The molecule has 2 atom stereocenters. The standard InChI is InChI=1S/C15H20N2O3/c1-20-15(19)13(11-7-3-2-4-8-11)17-10-6-5-9-12(17)14(16)18/h2-4,7-8,12-13H,5-6,9-10H2,1H3,(H2,16,18)/t12-,13+/m0/s1. The Kier molecular flexibility index (Phi) is 4.74. The van der Waals surface area contributed by atoms with Gasteiger partial charge >= 0.3 is 5.97 Å². The quantitative estimate of drug-likeness (QED) is 0.840. The molecule has 1 aromatic rings. The van der Waals surface area contributed by atoms with Gasteiger partial charge in [-0.2, -0.15) is 0 Å². The van der Waals surface area contributed by atoms with Crippen LogP contribution in [0.1, 0.15) is 30.9 Å². The molecule has 1 amide bonds. The van der Waals surface area contributed by atoms with Crippen LogP contribution in [-0.4, -0.2) is 36.5 Å². The van der Waals surface area contributed by atoms with Gasteiger partial charge in [0.05, 0.1) is 13.2 Å². The third-order valence-corrected chi connectivity index (χ3v) is 3.74. The number of carbonyl (C=O) groups excluding carboxylic acids is 2. The first-order valence-corrected chi connectivity index (χ1v) is 6.83. The molecule has 5 heteroatoms. The summed E-state index contributed by atoms with van der Waals surface area (Å²) in [6, 6.07) is 8.39. The van der Waals surface area contributed by atoms with Gasteiger partial charge in [-0.05, 0) is 18.4 Å². The van der Waals surface area contributed by atoms with E-state index in [1.54, 1.807) is 0 Å². The van der Waals surface area contributed by atoms with Crippen LogP contribution in [0.25, 0.3) is 0 Å². The highest BCUT2D eigenvalue weighted by molar-refractivity contribution is 5.82. The molecule has 0 aromatic heterocycles. The number of primary amides is 1. The van der Waals surface area contributed by atoms with Crippen LogP contribution in [0.5, 0.6) is 0 Å². The minimum atomic E-state index is -0.570. The lowest BCUT2D eigenvalue weighted by Crippen LogP contribution is -2.51. The highest BCUT2D eigenvalue weighted by Crippen LogP contribution is 2.29. The lowest BCUT2D eigenvalue weighted by atomic mass is 9.96. The molecule has 1 fully saturated rings. The number of amides is 1. The summed E-state index contributed by atoms with van der Waals surface area (Å²) in [5.74, 6) is -0.737. The van der Waals surface area contributed by atoms with E-state index >= 15 is 0 Å². The van der Waals surface area contributed by atoms with E-state index in [4.69, 9.17) is 10.5 Å². The summed E-state index contributed by atoms with van der Waals surface area (Å²) in [7, 11) is 1.36. The summed E-state index contributed by atoms with van der Waals surface area (Å²) in [6.07, 6.45) is 2.59. The fraction of sp³-hybridized carbons (Fsp3) is 0.467. The second kappa shape index (κ2) is 6.52. The van der Waals surface area contributed by atoms with Crippen molar-refractivity contribution in [3.63, 3.8) is 0 Å². The van der Waals surface area contributed by atoms with Gasteiger partial charge in [0.1, 0.15) is 6.04 Å². The van der Waals surface area contributed by atoms with E-state index in [-0.39, 0.29) is 11.9 Å². The van der Waals surface area contributed by atoms with Crippen molar-refractivity contribution in [3.8, 4) is 0 Å². The molecule has 1 aromatic carbocycles. The summed E-state index contributed by atoms with van der Waals surface area (Å²) in [6.45, 7) is 0.669. The maximum atomic E-state index is 12.2. The number of rotatable bonds is 4. The Morgan fingerprint density at radius 3 is 2.60 bits per heavy atom. The Labute approximate surface area is 118 Å². The third-order valence-electron chi connectivity index (χ3n) is 3.74. The maximum absolute atomic E-state index is 12.2. The van der Waals surface area contributed by atoms with E-state index < -0.39 is 12.1 Å². The molecule has 2 N–H and O–H groups in total. The number of hydrogen-bond acceptors (Lipinski definition) is 4. The molecule has 1 saturated heterocycles. The maximum Gasteiger partial charge on any atom is 0.327 e. The Balaban J connectivity index is 2.35. The molecular weight excluding hydrogens is 256 g/mol. The van der Waals surface area contributed by atoms with E-state index in [0.29, 0.717) is 13.0 Å². The zero-order valence-corrected chi connectivity index (χ0v) is 11.6. The molecule has 108 valence electrons. The van der Waals surface area contributed by atoms with Gasteiger partial charge in [0.25, 0.3) is 0 Å². The normalized spacial score (nSPS) is 21.1. The van der Waals surface area contributed by atoms with Crippen LogP contribution in [0.2, 0.25) is 0 Å². The number of esters is 1. The summed E-state index contributed by atoms with van der Waals surface area (Å²) in [4.78, 5) is 25.7. The molecule has 0 radical (unpaired) electrons. The first-order chi connectivity index (χ1) is 9.65. The van der Waals surface area contributed by atoms with Crippen molar-refractivity contribution < 1.29 is 14.3 Å². The number of likely N-dealkylation sites (tertiary alicyclic amines) is 1. The summed E-state index contributed by atoms with van der Waals surface area (Å²) in [5, 5.41) is 0. The smallest absolute Gasteiger partial charge is 0.327 e. The van der Waals surface area contributed by atoms with Crippen LogP contribution in [0, 0.1) is 0 Å². The first kappa shape index (κ1) is 14.5. The number of nitrogens with two attached hydrogens (primary N) is 1. The van der Waals surface area contributed by atoms with Crippen LogP contribution in [0.3, 0.4) is 0 Å². The predicted octanol–water partition coefficient (Wildman–Crippen LogP) is 1.24. The molecule has 0 bridgehead atoms. The second-order valence-corrected chi connectivity index (χ2v) is 4.99. The lowest BCUT2D eigenvalue weighted by Gasteiger charge is -2.38. The summed E-state index contributed by atoms with van der Waals surface area (Å²) >= 11 is 0. The van der Waals surface area contributed by atoms with Crippen molar-refractivity contribution in [1.29, 1.82) is 0 Å². The minimum absolute atomic E-state index is 0.357. The van der Waals surface area contributed by atoms with Crippen molar-refractivity contribution >= 4 is 11.9 Å². The number of hydrogen-bond donors (Lipinski definition) is 1. The third kappa shape index (κ3) is 2.99. The van der Waals surface area contributed by atoms with Gasteiger partial charge in [-0.1, -0.05) is 36.8 Å². The topological polar surface area (TPSA) is 72.6 Å². The molecule has 1 aliphatic rings. The van der Waals surface area contributed by atoms with E-state index in [9.17, 15) is 9.59 Å². The predicted molar refractivity (Wildman–Crippen MR) is 74.7 cm³/mol. The van der Waals surface area contributed by atoms with Crippen molar-refractivity contribution in [2.45, 2.75) is 31.3 Å². The highest BCUT2D eigenvalue weighted by atomic mass is 16.5. The number of ether oxygens (including phenoxy) is 1. The summed E-state index contributed by atoms with van der Waals surface area (Å²) < 4.78 is 4.92. The average molecular weight is 276 g/mol. The van der Waals surface area contributed by atoms with E-state index in [1.165, 1.54) is 7.11 Å². The van der Waals surface area contributed by atoms with Gasteiger partial charge in [0.15, 0.2) is 0 Å². The zero-order chi connectivity index (χ0) is 14.5. The fourth-order valence-corrected chi connectivity index (χ4v) is 2.78. The molecule has 1 heterocycles. The van der Waals surface area contributed by atoms with Crippen molar-refractivity contribution in [3.05, 3.63) is 35.9 Å². The van der Waals surface area contributed by atoms with Crippen molar-refractivity contribution in [1.82, 2.24) is 4.90 Å². The zero-order valence-electron chi connectivity index (χ0n) is 11.6. The number of nitrogens with zero attached hydrogens (tertiary/aromatic N) is 1. The molecule has 0 spiro atoms. The van der Waals surface area contributed by atoms with Crippen LogP contribution < -0.4 is 5.73 Å². The monoisotopic (exact) mass is 276 g/mol. The van der Waals surface area contributed by atoms with Gasteiger partial charge in [-0.15, -0.1) is 0 Å². The lowest BCUT2D eigenvalue weighted by molar-refractivity contribution is -0.150. The second-order valence-electron chi connectivity index (χ2n) is 4.99. The van der Waals surface area contributed by atoms with Crippen molar-refractivity contribution in [2.75, 3.05) is 13.7 Å². The van der Waals surface area contributed by atoms with Gasteiger partial charge in [-0.3, -0.25) is 9.69 Å². The van der Waals surface area contributed by atoms with E-state index in [1.807, 2.05) is 35.2 Å². The van der Waals surface area contributed by atoms with E-state index in [0.717, 1.165) is 18.4 Å². The molecule has 20 heavy (non-hydrogen) atoms. The van der Waals surface area contributed by atoms with Crippen LogP contribution in [0.4, 0.5) is 0 Å². The van der Waals surface area contributed by atoms with Gasteiger partial charge in [-0.25, -0.2) is 4.79 Å². The summed E-state index contributed by atoms with van der Waals surface area (Å²) in [5.41, 5.74) is 6.31. The Bertz CT molecular complexity index is 475. The van der Waals surface area contributed by atoms with E-state index in [2.05, 4.69) is 0 Å².